The lowest BCUT2D eigenvalue weighted by Crippen LogP contribution is -2.36. The van der Waals surface area contributed by atoms with Crippen LogP contribution in [0.4, 0.5) is 0 Å². The van der Waals surface area contributed by atoms with E-state index in [1.807, 2.05) is 6.08 Å². The van der Waals surface area contributed by atoms with Gasteiger partial charge in [-0.3, -0.25) is 0 Å². The second kappa shape index (κ2) is 5.99. The normalized spacial score (nSPS) is 17.7. The summed E-state index contributed by atoms with van der Waals surface area (Å²) in [6.07, 6.45) is 4.22. The van der Waals surface area contributed by atoms with Gasteiger partial charge in [0.1, 0.15) is 10.0 Å². The molecular weight excluding hydrogens is 376 g/mol. The number of rotatable bonds is 2. The third-order valence-electron chi connectivity index (χ3n) is 3.53. The highest BCUT2D eigenvalue weighted by Crippen LogP contribution is 2.33. The Labute approximate surface area is 139 Å². The molecule has 0 aromatic carbocycles. The molecule has 116 valence electrons. The first-order valence-electron chi connectivity index (χ1n) is 6.63. The van der Waals surface area contributed by atoms with Gasteiger partial charge in [0.05, 0.1) is 0 Å². The summed E-state index contributed by atoms with van der Waals surface area (Å²) in [5.41, 5.74) is 1.36. The smallest absolute Gasteiger partial charge is 0.242 e. The van der Waals surface area contributed by atoms with Crippen molar-refractivity contribution in [2.75, 3.05) is 13.1 Å². The van der Waals surface area contributed by atoms with Crippen molar-refractivity contribution in [1.29, 1.82) is 0 Å². The molecule has 0 radical (unpaired) electrons. The van der Waals surface area contributed by atoms with E-state index >= 15 is 0 Å². The van der Waals surface area contributed by atoms with E-state index in [1.165, 1.54) is 22.1 Å². The van der Waals surface area contributed by atoms with Crippen LogP contribution in [0.3, 0.4) is 0 Å². The molecule has 1 aliphatic rings. The maximum absolute atomic E-state index is 12.7. The minimum atomic E-state index is -3.62. The predicted molar refractivity (Wildman–Crippen MR) is 87.9 cm³/mol. The Morgan fingerprint density at radius 3 is 2.57 bits per heavy atom. The van der Waals surface area contributed by atoms with Crippen LogP contribution >= 0.6 is 27.5 Å². The van der Waals surface area contributed by atoms with Crippen molar-refractivity contribution in [3.05, 3.63) is 33.5 Å². The van der Waals surface area contributed by atoms with Gasteiger partial charge in [0, 0.05) is 23.8 Å². The maximum atomic E-state index is 12.7. The number of hydrogen-bond acceptors (Lipinski definition) is 3. The zero-order chi connectivity index (χ0) is 15.8. The second-order valence-electron chi connectivity index (χ2n) is 6.03. The van der Waals surface area contributed by atoms with Crippen molar-refractivity contribution in [1.82, 2.24) is 9.29 Å². The van der Waals surface area contributed by atoms with Crippen LogP contribution in [-0.4, -0.2) is 30.8 Å². The Balaban J connectivity index is 2.31. The maximum Gasteiger partial charge on any atom is 0.246 e. The Bertz CT molecular complexity index is 681. The summed E-state index contributed by atoms with van der Waals surface area (Å²) < 4.78 is 27.4. The number of sulfonamides is 1. The highest BCUT2D eigenvalue weighted by Gasteiger charge is 2.30. The monoisotopic (exact) mass is 392 g/mol. The van der Waals surface area contributed by atoms with E-state index < -0.39 is 10.0 Å². The zero-order valence-electron chi connectivity index (χ0n) is 12.2. The van der Waals surface area contributed by atoms with Gasteiger partial charge in [-0.1, -0.05) is 44.0 Å². The van der Waals surface area contributed by atoms with Crippen molar-refractivity contribution in [3.8, 4) is 0 Å². The Morgan fingerprint density at radius 1 is 1.38 bits per heavy atom. The quantitative estimate of drug-likeness (QED) is 0.566. The standard InChI is InChI=1S/C14H18BrClN2O2S/c1-14(2,3)10-4-6-18(7-5-10)21(19,20)12-8-11(15)9-17-13(12)16/h4,8-9H,5-7H2,1-3H3. The van der Waals surface area contributed by atoms with E-state index in [0.717, 1.165) is 6.42 Å². The highest BCUT2D eigenvalue weighted by molar-refractivity contribution is 9.10. The molecule has 0 fully saturated rings. The molecule has 0 unspecified atom stereocenters. The van der Waals surface area contributed by atoms with Crippen LogP contribution in [0.5, 0.6) is 0 Å². The van der Waals surface area contributed by atoms with Crippen molar-refractivity contribution in [2.24, 2.45) is 5.41 Å². The third kappa shape index (κ3) is 3.67. The summed E-state index contributed by atoms with van der Waals surface area (Å²) in [7, 11) is -3.62. The van der Waals surface area contributed by atoms with Gasteiger partial charge in [-0.2, -0.15) is 4.31 Å². The third-order valence-corrected chi connectivity index (χ3v) is 6.25. The summed E-state index contributed by atoms with van der Waals surface area (Å²) >= 11 is 9.18. The topological polar surface area (TPSA) is 50.3 Å². The Hall–Kier alpha value is -0.430. The lowest BCUT2D eigenvalue weighted by Gasteiger charge is -2.31. The zero-order valence-corrected chi connectivity index (χ0v) is 15.4. The van der Waals surface area contributed by atoms with Crippen LogP contribution in [0.25, 0.3) is 0 Å². The molecule has 0 atom stereocenters. The molecule has 0 bridgehead atoms. The number of halogens is 2. The summed E-state index contributed by atoms with van der Waals surface area (Å²) in [6.45, 7) is 7.25. The fourth-order valence-corrected chi connectivity index (χ4v) is 4.57. The first kappa shape index (κ1) is 16.9. The van der Waals surface area contributed by atoms with Crippen molar-refractivity contribution >= 4 is 37.6 Å². The number of aromatic nitrogens is 1. The van der Waals surface area contributed by atoms with Crippen molar-refractivity contribution in [2.45, 2.75) is 32.1 Å². The second-order valence-corrected chi connectivity index (χ2v) is 9.21. The van der Waals surface area contributed by atoms with E-state index in [9.17, 15) is 8.42 Å². The van der Waals surface area contributed by atoms with Crippen LogP contribution < -0.4 is 0 Å². The van der Waals surface area contributed by atoms with Crippen molar-refractivity contribution < 1.29 is 8.42 Å². The largest absolute Gasteiger partial charge is 0.246 e. The van der Waals surface area contributed by atoms with Gasteiger partial charge in [-0.15, -0.1) is 0 Å². The summed E-state index contributed by atoms with van der Waals surface area (Å²) in [5.74, 6) is 0. The number of hydrogen-bond donors (Lipinski definition) is 0. The molecule has 0 amide bonds. The molecule has 0 aliphatic carbocycles. The van der Waals surface area contributed by atoms with Gasteiger partial charge in [-0.05, 0) is 33.8 Å². The van der Waals surface area contributed by atoms with Crippen molar-refractivity contribution in [3.63, 3.8) is 0 Å². The SMILES string of the molecule is CC(C)(C)C1=CCN(S(=O)(=O)c2cc(Br)cnc2Cl)CC1. The first-order valence-corrected chi connectivity index (χ1v) is 9.24. The summed E-state index contributed by atoms with van der Waals surface area (Å²) in [5, 5.41) is 0.00352. The predicted octanol–water partition coefficient (Wildman–Crippen LogP) is 3.86. The highest BCUT2D eigenvalue weighted by atomic mass is 79.9. The molecule has 1 aromatic heterocycles. The Kier molecular flexibility index (Phi) is 4.83. The van der Waals surface area contributed by atoms with Gasteiger partial charge in [0.2, 0.25) is 10.0 Å². The van der Waals surface area contributed by atoms with Crippen LogP contribution in [0.2, 0.25) is 5.15 Å². The molecule has 21 heavy (non-hydrogen) atoms. The fourth-order valence-electron chi connectivity index (χ4n) is 2.27. The number of nitrogens with zero attached hydrogens (tertiary/aromatic N) is 2. The molecule has 1 aliphatic heterocycles. The molecular formula is C14H18BrClN2O2S. The minimum absolute atomic E-state index is 0.00352. The minimum Gasteiger partial charge on any atom is -0.242 e. The van der Waals surface area contributed by atoms with Gasteiger partial charge in [-0.25, -0.2) is 13.4 Å². The summed E-state index contributed by atoms with van der Waals surface area (Å²) in [6, 6.07) is 1.49. The van der Waals surface area contributed by atoms with Crippen LogP contribution in [0, 0.1) is 5.41 Å². The van der Waals surface area contributed by atoms with E-state index in [2.05, 4.69) is 41.7 Å². The van der Waals surface area contributed by atoms with E-state index in [4.69, 9.17) is 11.6 Å². The molecule has 0 saturated heterocycles. The van der Waals surface area contributed by atoms with Gasteiger partial charge >= 0.3 is 0 Å². The van der Waals surface area contributed by atoms with E-state index in [1.54, 1.807) is 0 Å². The fraction of sp³-hybridized carbons (Fsp3) is 0.500. The van der Waals surface area contributed by atoms with Crippen LogP contribution in [0.15, 0.2) is 33.3 Å². The summed E-state index contributed by atoms with van der Waals surface area (Å²) in [4.78, 5) is 3.94. The average molecular weight is 394 g/mol. The molecule has 0 N–H and O–H groups in total. The molecule has 1 aromatic rings. The van der Waals surface area contributed by atoms with Crippen LogP contribution in [0.1, 0.15) is 27.2 Å². The van der Waals surface area contributed by atoms with Gasteiger partial charge in [0.25, 0.3) is 0 Å². The molecule has 2 rings (SSSR count). The first-order chi connectivity index (χ1) is 9.62. The molecule has 4 nitrogen and oxygen atoms in total. The van der Waals surface area contributed by atoms with Gasteiger partial charge < -0.3 is 0 Å². The van der Waals surface area contributed by atoms with Gasteiger partial charge in [0.15, 0.2) is 0 Å². The van der Waals surface area contributed by atoms with E-state index in [0.29, 0.717) is 17.6 Å². The average Bonchev–Trinajstić information content (AvgIpc) is 2.40. The molecule has 7 heteroatoms. The molecule has 2 heterocycles. The Morgan fingerprint density at radius 2 is 2.05 bits per heavy atom. The lowest BCUT2D eigenvalue weighted by molar-refractivity contribution is 0.389. The number of pyridine rings is 1. The molecule has 0 spiro atoms. The van der Waals surface area contributed by atoms with E-state index in [-0.39, 0.29) is 15.5 Å². The lowest BCUT2D eigenvalue weighted by atomic mass is 9.83. The molecule has 0 saturated carbocycles. The van der Waals surface area contributed by atoms with Crippen LogP contribution in [-0.2, 0) is 10.0 Å².